The van der Waals surface area contributed by atoms with Crippen molar-refractivity contribution >= 4 is 5.69 Å². The summed E-state index contributed by atoms with van der Waals surface area (Å²) in [4.78, 5) is 2.55. The van der Waals surface area contributed by atoms with Crippen molar-refractivity contribution in [2.24, 2.45) is 0 Å². The van der Waals surface area contributed by atoms with Crippen LogP contribution in [0.3, 0.4) is 0 Å². The predicted molar refractivity (Wildman–Crippen MR) is 74.6 cm³/mol. The fraction of sp³-hybridized carbons (Fsp3) is 0.600. The fourth-order valence-corrected chi connectivity index (χ4v) is 2.72. The van der Waals surface area contributed by atoms with E-state index in [0.717, 1.165) is 0 Å². The summed E-state index contributed by atoms with van der Waals surface area (Å²) in [7, 11) is 2.06. The van der Waals surface area contributed by atoms with Gasteiger partial charge in [0.15, 0.2) is 0 Å². The van der Waals surface area contributed by atoms with Gasteiger partial charge in [-0.2, -0.15) is 0 Å². The Balaban J connectivity index is 2.10. The van der Waals surface area contributed by atoms with Gasteiger partial charge in [-0.3, -0.25) is 0 Å². The van der Waals surface area contributed by atoms with Crippen LogP contribution in [0.4, 0.5) is 5.69 Å². The summed E-state index contributed by atoms with van der Waals surface area (Å²) in [6, 6.07) is 9.38. The number of benzene rings is 1. The molecule has 1 heterocycles. The molecule has 2 nitrogen and oxygen atoms in total. The van der Waals surface area contributed by atoms with Gasteiger partial charge in [0, 0.05) is 24.8 Å². The third kappa shape index (κ3) is 2.81. The molecular weight excluding hydrogens is 208 g/mol. The van der Waals surface area contributed by atoms with Crippen LogP contribution in [0.1, 0.15) is 44.2 Å². The molecule has 1 unspecified atom stereocenters. The minimum atomic E-state index is 0.536. The number of fused-ring (bicyclic) bond motifs is 1. The molecule has 0 amide bonds. The Hall–Kier alpha value is -1.02. The van der Waals surface area contributed by atoms with Crippen molar-refractivity contribution in [1.82, 2.24) is 5.32 Å². The molecule has 1 atom stereocenters. The monoisotopic (exact) mass is 232 g/mol. The van der Waals surface area contributed by atoms with Crippen molar-refractivity contribution in [1.29, 1.82) is 0 Å². The first-order valence-electron chi connectivity index (χ1n) is 6.88. The number of rotatable bonds is 5. The van der Waals surface area contributed by atoms with E-state index < -0.39 is 0 Å². The molecule has 0 radical (unpaired) electrons. The molecular formula is C15H24N2. The Bertz CT molecular complexity index is 349. The molecule has 1 aromatic carbocycles. The van der Waals surface area contributed by atoms with Gasteiger partial charge >= 0.3 is 0 Å². The van der Waals surface area contributed by atoms with Gasteiger partial charge in [0.1, 0.15) is 0 Å². The first-order chi connectivity index (χ1) is 8.36. The predicted octanol–water partition coefficient (Wildman–Crippen LogP) is 3.35. The van der Waals surface area contributed by atoms with Gasteiger partial charge in [-0.15, -0.1) is 0 Å². The maximum absolute atomic E-state index is 3.42. The Labute approximate surface area is 105 Å². The van der Waals surface area contributed by atoms with Gasteiger partial charge in [-0.05, 0) is 31.5 Å². The Morgan fingerprint density at radius 2 is 2.12 bits per heavy atom. The first kappa shape index (κ1) is 12.4. The summed E-state index contributed by atoms with van der Waals surface area (Å²) in [5.74, 6) is 0. The fourth-order valence-electron chi connectivity index (χ4n) is 2.72. The SMILES string of the molecule is CCCCCN1CCC(NC)c2ccccc21. The van der Waals surface area contributed by atoms with Crippen molar-refractivity contribution < 1.29 is 0 Å². The van der Waals surface area contributed by atoms with Gasteiger partial charge < -0.3 is 10.2 Å². The van der Waals surface area contributed by atoms with Crippen LogP contribution in [0, 0.1) is 0 Å². The number of anilines is 1. The quantitative estimate of drug-likeness (QED) is 0.783. The Morgan fingerprint density at radius 3 is 2.88 bits per heavy atom. The molecule has 17 heavy (non-hydrogen) atoms. The van der Waals surface area contributed by atoms with Gasteiger partial charge in [-0.25, -0.2) is 0 Å². The van der Waals surface area contributed by atoms with E-state index in [1.54, 1.807) is 0 Å². The van der Waals surface area contributed by atoms with Crippen molar-refractivity contribution in [3.8, 4) is 0 Å². The second-order valence-electron chi connectivity index (χ2n) is 4.88. The molecule has 0 aliphatic carbocycles. The van der Waals surface area contributed by atoms with Crippen LogP contribution in [-0.4, -0.2) is 20.1 Å². The third-order valence-corrected chi connectivity index (χ3v) is 3.72. The first-order valence-corrected chi connectivity index (χ1v) is 6.88. The normalized spacial score (nSPS) is 19.2. The van der Waals surface area contributed by atoms with Gasteiger partial charge in [0.2, 0.25) is 0 Å². The van der Waals surface area contributed by atoms with Crippen molar-refractivity contribution in [2.45, 2.75) is 38.6 Å². The molecule has 0 saturated carbocycles. The lowest BCUT2D eigenvalue weighted by molar-refractivity contribution is 0.511. The highest BCUT2D eigenvalue weighted by Gasteiger charge is 2.22. The zero-order valence-electron chi connectivity index (χ0n) is 11.1. The molecule has 0 spiro atoms. The average Bonchev–Trinajstić information content (AvgIpc) is 2.39. The van der Waals surface area contributed by atoms with Gasteiger partial charge in [0.05, 0.1) is 0 Å². The standard InChI is InChI=1S/C15H24N2/c1-3-4-7-11-17-12-10-14(16-2)13-8-5-6-9-15(13)17/h5-6,8-9,14,16H,3-4,7,10-12H2,1-2H3. The summed E-state index contributed by atoms with van der Waals surface area (Å²) >= 11 is 0. The van der Waals surface area contributed by atoms with Gasteiger partial charge in [-0.1, -0.05) is 38.0 Å². The van der Waals surface area contributed by atoms with Crippen molar-refractivity contribution in [2.75, 3.05) is 25.0 Å². The Morgan fingerprint density at radius 1 is 1.29 bits per heavy atom. The van der Waals surface area contributed by atoms with Crippen LogP contribution >= 0.6 is 0 Å². The molecule has 1 aliphatic rings. The van der Waals surface area contributed by atoms with Crippen molar-refractivity contribution in [3.63, 3.8) is 0 Å². The minimum Gasteiger partial charge on any atom is -0.371 e. The number of hydrogen-bond donors (Lipinski definition) is 1. The smallest absolute Gasteiger partial charge is 0.0414 e. The molecule has 0 bridgehead atoms. The number of nitrogens with one attached hydrogen (secondary N) is 1. The average molecular weight is 232 g/mol. The zero-order chi connectivity index (χ0) is 12.1. The van der Waals surface area contributed by atoms with E-state index in [4.69, 9.17) is 0 Å². The lowest BCUT2D eigenvalue weighted by Gasteiger charge is -2.35. The van der Waals surface area contributed by atoms with Crippen LogP contribution in [0.5, 0.6) is 0 Å². The second kappa shape index (κ2) is 6.06. The Kier molecular flexibility index (Phi) is 4.43. The highest BCUT2D eigenvalue weighted by molar-refractivity contribution is 5.56. The van der Waals surface area contributed by atoms with Crippen molar-refractivity contribution in [3.05, 3.63) is 29.8 Å². The van der Waals surface area contributed by atoms with E-state index in [1.165, 1.54) is 50.0 Å². The summed E-state index contributed by atoms with van der Waals surface area (Å²) in [6.45, 7) is 4.66. The van der Waals surface area contributed by atoms with Crippen LogP contribution in [0.25, 0.3) is 0 Å². The molecule has 2 heteroatoms. The topological polar surface area (TPSA) is 15.3 Å². The van der Waals surface area contributed by atoms with E-state index in [1.807, 2.05) is 0 Å². The summed E-state index contributed by atoms with van der Waals surface area (Å²) in [5.41, 5.74) is 2.91. The van der Waals surface area contributed by atoms with E-state index >= 15 is 0 Å². The van der Waals surface area contributed by atoms with Gasteiger partial charge in [0.25, 0.3) is 0 Å². The number of hydrogen-bond acceptors (Lipinski definition) is 2. The van der Waals surface area contributed by atoms with Crippen LogP contribution in [-0.2, 0) is 0 Å². The van der Waals surface area contributed by atoms with E-state index in [-0.39, 0.29) is 0 Å². The van der Waals surface area contributed by atoms with E-state index in [2.05, 4.69) is 48.5 Å². The summed E-state index contributed by atoms with van der Waals surface area (Å²) in [5, 5.41) is 3.42. The summed E-state index contributed by atoms with van der Waals surface area (Å²) in [6.07, 6.45) is 5.18. The lowest BCUT2D eigenvalue weighted by atomic mass is 9.96. The van der Waals surface area contributed by atoms with Crippen LogP contribution < -0.4 is 10.2 Å². The zero-order valence-corrected chi connectivity index (χ0v) is 11.1. The molecule has 1 aromatic rings. The summed E-state index contributed by atoms with van der Waals surface area (Å²) < 4.78 is 0. The maximum atomic E-state index is 3.42. The number of nitrogens with zero attached hydrogens (tertiary/aromatic N) is 1. The molecule has 1 N–H and O–H groups in total. The molecule has 94 valence electrons. The van der Waals surface area contributed by atoms with Crippen LogP contribution in [0.15, 0.2) is 24.3 Å². The van der Waals surface area contributed by atoms with Crippen LogP contribution in [0.2, 0.25) is 0 Å². The molecule has 0 fully saturated rings. The largest absolute Gasteiger partial charge is 0.371 e. The molecule has 1 aliphatic heterocycles. The van der Waals surface area contributed by atoms with E-state index in [9.17, 15) is 0 Å². The molecule has 0 saturated heterocycles. The molecule has 2 rings (SSSR count). The second-order valence-corrected chi connectivity index (χ2v) is 4.88. The van der Waals surface area contributed by atoms with E-state index in [0.29, 0.717) is 6.04 Å². The number of para-hydroxylation sites is 1. The minimum absolute atomic E-state index is 0.536. The third-order valence-electron chi connectivity index (χ3n) is 3.72. The number of unbranched alkanes of at least 4 members (excludes halogenated alkanes) is 2. The maximum Gasteiger partial charge on any atom is 0.0414 e. The highest BCUT2D eigenvalue weighted by atomic mass is 15.1. The molecule has 0 aromatic heterocycles. The lowest BCUT2D eigenvalue weighted by Crippen LogP contribution is -2.35. The highest BCUT2D eigenvalue weighted by Crippen LogP contribution is 2.33.